The molecule has 5 heteroatoms. The molecule has 0 spiro atoms. The molecule has 1 aliphatic heterocycles. The smallest absolute Gasteiger partial charge is 0.410 e. The van der Waals surface area contributed by atoms with E-state index in [0.29, 0.717) is 12.5 Å². The molecule has 23 heavy (non-hydrogen) atoms. The molecule has 3 unspecified atom stereocenters. The Morgan fingerprint density at radius 3 is 2.39 bits per heavy atom. The van der Waals surface area contributed by atoms with Crippen LogP contribution in [0.25, 0.3) is 0 Å². The van der Waals surface area contributed by atoms with E-state index in [0.717, 1.165) is 23.3 Å². The summed E-state index contributed by atoms with van der Waals surface area (Å²) >= 11 is 0. The zero-order valence-corrected chi connectivity index (χ0v) is 15.5. The van der Waals surface area contributed by atoms with E-state index in [1.165, 1.54) is 0 Å². The summed E-state index contributed by atoms with van der Waals surface area (Å²) in [4.78, 5) is 15.2. The summed E-state index contributed by atoms with van der Waals surface area (Å²) in [5.41, 5.74) is 0.588. The van der Waals surface area contributed by atoms with Crippen molar-refractivity contribution >= 4 is 16.9 Å². The molecule has 0 bridgehead atoms. The fraction of sp³-hybridized carbons (Fsp3) is 0.611. The van der Waals surface area contributed by atoms with Crippen LogP contribution in [-0.4, -0.2) is 33.6 Å². The minimum Gasteiger partial charge on any atom is -0.444 e. The second-order valence-corrected chi connectivity index (χ2v) is 8.72. The maximum Gasteiger partial charge on any atom is 0.410 e. The van der Waals surface area contributed by atoms with Crippen LogP contribution >= 0.6 is 0 Å². The molecule has 0 aromatic heterocycles. The Bertz CT molecular complexity index is 577. The molecule has 4 nitrogen and oxygen atoms in total. The quantitative estimate of drug-likeness (QED) is 0.815. The summed E-state index contributed by atoms with van der Waals surface area (Å²) in [6.07, 6.45) is 3.34. The molecule has 3 atom stereocenters. The first kappa shape index (κ1) is 18.0. The van der Waals surface area contributed by atoms with Crippen LogP contribution in [-0.2, 0) is 15.5 Å². The minimum atomic E-state index is -0.985. The first-order chi connectivity index (χ1) is 10.7. The van der Waals surface area contributed by atoms with E-state index < -0.39 is 16.4 Å². The van der Waals surface area contributed by atoms with Gasteiger partial charge in [-0.2, -0.15) is 0 Å². The maximum absolute atomic E-state index is 12.5. The molecule has 1 heterocycles. The average molecular weight is 337 g/mol. The number of carbonyl (C=O) groups excluding carboxylic acids is 1. The van der Waals surface area contributed by atoms with Crippen molar-refractivity contribution in [3.05, 3.63) is 29.8 Å². The number of likely N-dealkylation sites (tertiary alicyclic amines) is 1. The van der Waals surface area contributed by atoms with Gasteiger partial charge in [0, 0.05) is 28.5 Å². The van der Waals surface area contributed by atoms with Crippen LogP contribution in [0.5, 0.6) is 0 Å². The van der Waals surface area contributed by atoms with Crippen molar-refractivity contribution in [1.29, 1.82) is 0 Å². The average Bonchev–Trinajstić information content (AvgIpc) is 2.45. The molecule has 1 aliphatic rings. The molecule has 0 N–H and O–H groups in total. The van der Waals surface area contributed by atoms with E-state index in [2.05, 4.69) is 6.92 Å². The lowest BCUT2D eigenvalue weighted by Crippen LogP contribution is -2.43. The van der Waals surface area contributed by atoms with E-state index in [1.807, 2.05) is 49.9 Å². The zero-order chi connectivity index (χ0) is 17.2. The topological polar surface area (TPSA) is 46.6 Å². The third kappa shape index (κ3) is 4.80. The third-order valence-electron chi connectivity index (χ3n) is 4.09. The highest BCUT2D eigenvalue weighted by Gasteiger charge is 2.33. The molecule has 0 aliphatic carbocycles. The second-order valence-electron chi connectivity index (χ2n) is 7.34. The summed E-state index contributed by atoms with van der Waals surface area (Å²) in [6, 6.07) is 7.76. The van der Waals surface area contributed by atoms with Crippen LogP contribution in [0.4, 0.5) is 4.79 Å². The van der Waals surface area contributed by atoms with E-state index in [1.54, 1.807) is 6.26 Å². The standard InChI is InChI=1S/C18H27NO3S/c1-13-10-11-19(17(20)22-18(2,3)4)16(12-13)14-6-8-15(9-7-14)23(5)21/h6-9,13,16H,10-12H2,1-5H3. The molecule has 1 saturated heterocycles. The van der Waals surface area contributed by atoms with Crippen molar-refractivity contribution in [2.75, 3.05) is 12.8 Å². The van der Waals surface area contributed by atoms with E-state index >= 15 is 0 Å². The van der Waals surface area contributed by atoms with Gasteiger partial charge in [0.2, 0.25) is 0 Å². The van der Waals surface area contributed by atoms with E-state index in [9.17, 15) is 9.00 Å². The van der Waals surface area contributed by atoms with Gasteiger partial charge in [0.25, 0.3) is 0 Å². The van der Waals surface area contributed by atoms with Crippen molar-refractivity contribution in [2.45, 2.75) is 57.1 Å². The molecule has 0 saturated carbocycles. The molecule has 128 valence electrons. The fourth-order valence-corrected chi connectivity index (χ4v) is 3.40. The predicted molar refractivity (Wildman–Crippen MR) is 92.9 cm³/mol. The Morgan fingerprint density at radius 2 is 1.87 bits per heavy atom. The Balaban J connectivity index is 2.23. The monoisotopic (exact) mass is 337 g/mol. The van der Waals surface area contributed by atoms with Gasteiger partial charge in [0.05, 0.1) is 6.04 Å². The van der Waals surface area contributed by atoms with Crippen LogP contribution in [0.1, 0.15) is 52.1 Å². The SMILES string of the molecule is CC1CCN(C(=O)OC(C)(C)C)C(c2ccc(S(C)=O)cc2)C1. The highest BCUT2D eigenvalue weighted by molar-refractivity contribution is 7.84. The Kier molecular flexibility index (Phi) is 5.50. The number of ether oxygens (including phenoxy) is 1. The van der Waals surface area contributed by atoms with Gasteiger partial charge in [-0.15, -0.1) is 0 Å². The van der Waals surface area contributed by atoms with Crippen molar-refractivity contribution in [3.63, 3.8) is 0 Å². The van der Waals surface area contributed by atoms with E-state index in [-0.39, 0.29) is 12.1 Å². The number of hydrogen-bond acceptors (Lipinski definition) is 3. The van der Waals surface area contributed by atoms with Crippen LogP contribution < -0.4 is 0 Å². The molecular weight excluding hydrogens is 310 g/mol. The highest BCUT2D eigenvalue weighted by Crippen LogP contribution is 2.35. The number of rotatable bonds is 2. The molecule has 2 rings (SSSR count). The van der Waals surface area contributed by atoms with Gasteiger partial charge >= 0.3 is 6.09 Å². The summed E-state index contributed by atoms with van der Waals surface area (Å²) in [6.45, 7) is 8.59. The molecule has 1 aromatic rings. The number of hydrogen-bond donors (Lipinski definition) is 0. The summed E-state index contributed by atoms with van der Waals surface area (Å²) in [7, 11) is -0.985. The van der Waals surface area contributed by atoms with Crippen molar-refractivity contribution in [3.8, 4) is 0 Å². The minimum absolute atomic E-state index is 0.0212. The number of carbonyl (C=O) groups is 1. The maximum atomic E-state index is 12.5. The zero-order valence-electron chi connectivity index (χ0n) is 14.7. The molecule has 1 amide bonds. The summed E-state index contributed by atoms with van der Waals surface area (Å²) in [5.74, 6) is 0.568. The second kappa shape index (κ2) is 7.04. The lowest BCUT2D eigenvalue weighted by Gasteiger charge is -2.39. The van der Waals surface area contributed by atoms with Crippen LogP contribution in [0, 0.1) is 5.92 Å². The fourth-order valence-electron chi connectivity index (χ4n) is 2.88. The largest absolute Gasteiger partial charge is 0.444 e. The third-order valence-corrected chi connectivity index (χ3v) is 5.03. The normalized spacial score (nSPS) is 23.4. The van der Waals surface area contributed by atoms with Crippen molar-refractivity contribution in [1.82, 2.24) is 4.90 Å². The highest BCUT2D eigenvalue weighted by atomic mass is 32.2. The van der Waals surface area contributed by atoms with Crippen LogP contribution in [0.3, 0.4) is 0 Å². The first-order valence-electron chi connectivity index (χ1n) is 8.10. The predicted octanol–water partition coefficient (Wildman–Crippen LogP) is 4.13. The van der Waals surface area contributed by atoms with Gasteiger partial charge in [-0.05, 0) is 57.2 Å². The summed E-state index contributed by atoms with van der Waals surface area (Å²) in [5, 5.41) is 0. The molecular formula is C18H27NO3S. The van der Waals surface area contributed by atoms with Gasteiger partial charge in [0.15, 0.2) is 0 Å². The van der Waals surface area contributed by atoms with Crippen molar-refractivity contribution < 1.29 is 13.7 Å². The Labute approximate surface area is 141 Å². The van der Waals surface area contributed by atoms with Gasteiger partial charge < -0.3 is 9.64 Å². The lowest BCUT2D eigenvalue weighted by molar-refractivity contribution is 0.00511. The Morgan fingerprint density at radius 1 is 1.26 bits per heavy atom. The van der Waals surface area contributed by atoms with Gasteiger partial charge in [0.1, 0.15) is 5.60 Å². The number of benzene rings is 1. The van der Waals surface area contributed by atoms with E-state index in [4.69, 9.17) is 4.74 Å². The van der Waals surface area contributed by atoms with Crippen molar-refractivity contribution in [2.24, 2.45) is 5.92 Å². The number of amides is 1. The molecule has 0 radical (unpaired) electrons. The van der Waals surface area contributed by atoms with Gasteiger partial charge in [-0.25, -0.2) is 4.79 Å². The number of piperidine rings is 1. The van der Waals surface area contributed by atoms with Gasteiger partial charge in [-0.3, -0.25) is 4.21 Å². The molecule has 1 aromatic carbocycles. The Hall–Kier alpha value is -1.36. The molecule has 1 fully saturated rings. The summed E-state index contributed by atoms with van der Waals surface area (Å²) < 4.78 is 17.1. The lowest BCUT2D eigenvalue weighted by atomic mass is 9.88. The van der Waals surface area contributed by atoms with Crippen LogP contribution in [0.15, 0.2) is 29.2 Å². The van der Waals surface area contributed by atoms with Crippen LogP contribution in [0.2, 0.25) is 0 Å². The van der Waals surface area contributed by atoms with Gasteiger partial charge in [-0.1, -0.05) is 19.1 Å². The number of nitrogens with zero attached hydrogens (tertiary/aromatic N) is 1. The first-order valence-corrected chi connectivity index (χ1v) is 9.66.